The molecule has 0 fully saturated rings. The van der Waals surface area contributed by atoms with Gasteiger partial charge in [0, 0.05) is 5.69 Å². The first-order valence-corrected chi connectivity index (χ1v) is 10.6. The molecular weight excluding hydrogens is 412 g/mol. The van der Waals surface area contributed by atoms with E-state index in [4.69, 9.17) is 9.15 Å². The van der Waals surface area contributed by atoms with E-state index in [1.807, 2.05) is 6.92 Å². The molecule has 2 N–H and O–H groups in total. The van der Waals surface area contributed by atoms with Gasteiger partial charge in [-0.05, 0) is 51.1 Å². The van der Waals surface area contributed by atoms with Crippen molar-refractivity contribution >= 4 is 45.7 Å². The lowest BCUT2D eigenvalue weighted by Gasteiger charge is -2.06. The molecule has 2 aromatic heterocycles. The molecule has 10 heteroatoms. The van der Waals surface area contributed by atoms with E-state index in [0.29, 0.717) is 38.8 Å². The Bertz CT molecular complexity index is 998. The van der Waals surface area contributed by atoms with Crippen LogP contribution in [0.2, 0.25) is 0 Å². The number of carbonyl (C=O) groups is 2. The number of carbonyl (C=O) groups excluding carboxylic acids is 2. The fraction of sp³-hybridized carbons (Fsp3) is 0.263. The van der Waals surface area contributed by atoms with Crippen molar-refractivity contribution in [2.45, 2.75) is 25.1 Å². The average Bonchev–Trinajstić information content (AvgIpc) is 3.27. The SMILES string of the molecule is CCOc1ccc(NC(=O)CSc2nnc(NC(=O)c3cc(C)oc3C)s2)cc1. The summed E-state index contributed by atoms with van der Waals surface area (Å²) in [4.78, 5) is 24.4. The molecule has 0 aliphatic carbocycles. The Morgan fingerprint density at radius 1 is 1.17 bits per heavy atom. The standard InChI is InChI=1S/C19H20N4O4S2/c1-4-26-14-7-5-13(6-8-14)20-16(24)10-28-19-23-22-18(29-19)21-17(25)15-9-11(2)27-12(15)3/h5-9H,4,10H2,1-3H3,(H,20,24)(H,21,22,25). The summed E-state index contributed by atoms with van der Waals surface area (Å²) in [7, 11) is 0. The predicted molar refractivity (Wildman–Crippen MR) is 113 cm³/mol. The van der Waals surface area contributed by atoms with Gasteiger partial charge < -0.3 is 14.5 Å². The van der Waals surface area contributed by atoms with Gasteiger partial charge in [-0.3, -0.25) is 14.9 Å². The number of nitrogens with zero attached hydrogens (tertiary/aromatic N) is 2. The molecule has 1 aromatic carbocycles. The van der Waals surface area contributed by atoms with E-state index in [1.165, 1.54) is 23.1 Å². The first-order valence-electron chi connectivity index (χ1n) is 8.82. The number of nitrogens with one attached hydrogen (secondary N) is 2. The van der Waals surface area contributed by atoms with Crippen molar-refractivity contribution in [1.82, 2.24) is 10.2 Å². The van der Waals surface area contributed by atoms with Gasteiger partial charge in [-0.1, -0.05) is 23.1 Å². The summed E-state index contributed by atoms with van der Waals surface area (Å²) < 4.78 is 11.3. The second-order valence-electron chi connectivity index (χ2n) is 5.95. The monoisotopic (exact) mass is 432 g/mol. The smallest absolute Gasteiger partial charge is 0.261 e. The molecule has 0 atom stereocenters. The van der Waals surface area contributed by atoms with E-state index in [-0.39, 0.29) is 17.6 Å². The van der Waals surface area contributed by atoms with Gasteiger partial charge in [0.25, 0.3) is 5.91 Å². The molecule has 152 valence electrons. The van der Waals surface area contributed by atoms with Crippen LogP contribution in [0.1, 0.15) is 28.8 Å². The van der Waals surface area contributed by atoms with Crippen LogP contribution in [-0.2, 0) is 4.79 Å². The number of aromatic nitrogens is 2. The van der Waals surface area contributed by atoms with Crippen LogP contribution in [0.5, 0.6) is 5.75 Å². The molecule has 0 spiro atoms. The van der Waals surface area contributed by atoms with Crippen molar-refractivity contribution in [3.8, 4) is 5.75 Å². The molecule has 8 nitrogen and oxygen atoms in total. The Kier molecular flexibility index (Phi) is 6.89. The zero-order valence-corrected chi connectivity index (χ0v) is 17.8. The molecule has 3 aromatic rings. The quantitative estimate of drug-likeness (QED) is 0.407. The van der Waals surface area contributed by atoms with Gasteiger partial charge in [-0.25, -0.2) is 0 Å². The largest absolute Gasteiger partial charge is 0.494 e. The normalized spacial score (nSPS) is 10.6. The maximum atomic E-state index is 12.3. The van der Waals surface area contributed by atoms with Crippen molar-refractivity contribution in [3.05, 3.63) is 47.4 Å². The van der Waals surface area contributed by atoms with Crippen molar-refractivity contribution < 1.29 is 18.7 Å². The summed E-state index contributed by atoms with van der Waals surface area (Å²) in [6.07, 6.45) is 0. The summed E-state index contributed by atoms with van der Waals surface area (Å²) in [5.41, 5.74) is 1.15. The number of hydrogen-bond acceptors (Lipinski definition) is 8. The Morgan fingerprint density at radius 3 is 2.59 bits per heavy atom. The van der Waals surface area contributed by atoms with Crippen LogP contribution in [0.25, 0.3) is 0 Å². The summed E-state index contributed by atoms with van der Waals surface area (Å²) in [6, 6.07) is 8.84. The minimum Gasteiger partial charge on any atom is -0.494 e. The summed E-state index contributed by atoms with van der Waals surface area (Å²) >= 11 is 2.45. The van der Waals surface area contributed by atoms with Crippen molar-refractivity contribution in [1.29, 1.82) is 0 Å². The van der Waals surface area contributed by atoms with Crippen molar-refractivity contribution in [2.75, 3.05) is 23.0 Å². The van der Waals surface area contributed by atoms with Crippen molar-refractivity contribution in [2.24, 2.45) is 0 Å². The maximum absolute atomic E-state index is 12.3. The number of furan rings is 1. The van der Waals surface area contributed by atoms with E-state index < -0.39 is 0 Å². The summed E-state index contributed by atoms with van der Waals surface area (Å²) in [5, 5.41) is 13.8. The average molecular weight is 433 g/mol. The number of hydrogen-bond donors (Lipinski definition) is 2. The molecule has 2 amide bonds. The molecular formula is C19H20N4O4S2. The second kappa shape index (κ2) is 9.57. The summed E-state index contributed by atoms with van der Waals surface area (Å²) in [6.45, 7) is 6.01. The number of anilines is 2. The fourth-order valence-electron chi connectivity index (χ4n) is 2.46. The van der Waals surface area contributed by atoms with Crippen LogP contribution in [0, 0.1) is 13.8 Å². The third kappa shape index (κ3) is 5.81. The van der Waals surface area contributed by atoms with Crippen LogP contribution in [0.15, 0.2) is 39.1 Å². The van der Waals surface area contributed by atoms with Crippen LogP contribution >= 0.6 is 23.1 Å². The highest BCUT2D eigenvalue weighted by molar-refractivity contribution is 8.01. The molecule has 0 radical (unpaired) electrons. The van der Waals surface area contributed by atoms with E-state index in [9.17, 15) is 9.59 Å². The lowest BCUT2D eigenvalue weighted by molar-refractivity contribution is -0.113. The zero-order chi connectivity index (χ0) is 20.8. The molecule has 0 saturated heterocycles. The predicted octanol–water partition coefficient (Wildman–Crippen LogP) is 4.13. The van der Waals surface area contributed by atoms with Crippen molar-refractivity contribution in [3.63, 3.8) is 0 Å². The second-order valence-corrected chi connectivity index (χ2v) is 8.15. The Hall–Kier alpha value is -2.85. The number of benzene rings is 1. The molecule has 29 heavy (non-hydrogen) atoms. The lowest BCUT2D eigenvalue weighted by atomic mass is 10.2. The summed E-state index contributed by atoms with van der Waals surface area (Å²) in [5.74, 6) is 1.68. The molecule has 3 rings (SSSR count). The number of amides is 2. The zero-order valence-electron chi connectivity index (χ0n) is 16.1. The third-order valence-corrected chi connectivity index (χ3v) is 5.66. The maximum Gasteiger partial charge on any atom is 0.261 e. The third-order valence-electron chi connectivity index (χ3n) is 3.69. The van der Waals surface area contributed by atoms with Gasteiger partial charge in [0.15, 0.2) is 4.34 Å². The molecule has 0 aliphatic heterocycles. The van der Waals surface area contributed by atoms with Crippen LogP contribution in [0.4, 0.5) is 10.8 Å². The van der Waals surface area contributed by atoms with Gasteiger partial charge in [-0.15, -0.1) is 10.2 Å². The lowest BCUT2D eigenvalue weighted by Crippen LogP contribution is -2.13. The molecule has 0 saturated carbocycles. The molecule has 0 unspecified atom stereocenters. The van der Waals surface area contributed by atoms with Gasteiger partial charge in [0.05, 0.1) is 17.9 Å². The van der Waals surface area contributed by atoms with Crippen LogP contribution in [-0.4, -0.2) is 34.4 Å². The highest BCUT2D eigenvalue weighted by atomic mass is 32.2. The number of rotatable bonds is 8. The number of thioether (sulfide) groups is 1. The highest BCUT2D eigenvalue weighted by Gasteiger charge is 2.16. The van der Waals surface area contributed by atoms with E-state index >= 15 is 0 Å². The van der Waals surface area contributed by atoms with E-state index in [1.54, 1.807) is 44.2 Å². The van der Waals surface area contributed by atoms with Gasteiger partial charge in [-0.2, -0.15) is 0 Å². The fourth-order valence-corrected chi connectivity index (χ4v) is 4.01. The molecule has 2 heterocycles. The first-order chi connectivity index (χ1) is 13.9. The van der Waals surface area contributed by atoms with Crippen LogP contribution < -0.4 is 15.4 Å². The highest BCUT2D eigenvalue weighted by Crippen LogP contribution is 2.26. The number of ether oxygens (including phenoxy) is 1. The van der Waals surface area contributed by atoms with Gasteiger partial charge >= 0.3 is 0 Å². The molecule has 0 bridgehead atoms. The van der Waals surface area contributed by atoms with Gasteiger partial charge in [0.2, 0.25) is 11.0 Å². The van der Waals surface area contributed by atoms with E-state index in [0.717, 1.165) is 5.75 Å². The minimum atomic E-state index is -0.305. The van der Waals surface area contributed by atoms with E-state index in [2.05, 4.69) is 20.8 Å². The Balaban J connectivity index is 1.49. The Labute approximate surface area is 176 Å². The number of aryl methyl sites for hydroxylation is 2. The Morgan fingerprint density at radius 2 is 1.93 bits per heavy atom. The minimum absolute atomic E-state index is 0.163. The van der Waals surface area contributed by atoms with Gasteiger partial charge in [0.1, 0.15) is 17.3 Å². The topological polar surface area (TPSA) is 106 Å². The van der Waals surface area contributed by atoms with Crippen LogP contribution in [0.3, 0.4) is 0 Å². The molecule has 0 aliphatic rings. The first kappa shape index (κ1) is 20.9.